The Labute approximate surface area is 122 Å². The molecule has 2 aromatic rings. The zero-order valence-electron chi connectivity index (χ0n) is 10.8. The van der Waals surface area contributed by atoms with Crippen LogP contribution in [0.2, 0.25) is 5.02 Å². The lowest BCUT2D eigenvalue weighted by Crippen LogP contribution is -2.11. The van der Waals surface area contributed by atoms with Crippen LogP contribution >= 0.6 is 22.9 Å². The summed E-state index contributed by atoms with van der Waals surface area (Å²) in [5.74, 6) is 0.672. The Morgan fingerprint density at radius 3 is 2.89 bits per heavy atom. The topological polar surface area (TPSA) is 37.8 Å². The Balaban J connectivity index is 1.91. The highest BCUT2D eigenvalue weighted by Crippen LogP contribution is 2.44. The van der Waals surface area contributed by atoms with Crippen LogP contribution in [0, 0.1) is 0 Å². The molecule has 3 rings (SSSR count). The molecule has 100 valence electrons. The first-order valence-corrected chi connectivity index (χ1v) is 7.79. The highest BCUT2D eigenvalue weighted by molar-refractivity contribution is 7.15. The predicted molar refractivity (Wildman–Crippen MR) is 79.7 cm³/mol. The van der Waals surface area contributed by atoms with E-state index in [9.17, 15) is 0 Å². The summed E-state index contributed by atoms with van der Waals surface area (Å²) in [6, 6.07) is 3.81. The van der Waals surface area contributed by atoms with Gasteiger partial charge in [0, 0.05) is 23.5 Å². The van der Waals surface area contributed by atoms with Gasteiger partial charge in [-0.1, -0.05) is 18.5 Å². The van der Waals surface area contributed by atoms with Crippen molar-refractivity contribution in [2.24, 2.45) is 0 Å². The standard InChI is InChI=1S/C14H16ClN3S/c1-2-16-8-12-13(9-3-4-9)18-14(19-12)11-6-5-10(15)7-17-11/h5-7,9,16H,2-4,8H2,1H3. The average Bonchev–Trinajstić information content (AvgIpc) is 3.18. The Kier molecular flexibility index (Phi) is 3.82. The molecular weight excluding hydrogens is 278 g/mol. The lowest BCUT2D eigenvalue weighted by atomic mass is 10.2. The summed E-state index contributed by atoms with van der Waals surface area (Å²) >= 11 is 7.62. The molecule has 1 aliphatic carbocycles. The van der Waals surface area contributed by atoms with Gasteiger partial charge in [0.2, 0.25) is 0 Å². The van der Waals surface area contributed by atoms with Crippen molar-refractivity contribution in [1.82, 2.24) is 15.3 Å². The van der Waals surface area contributed by atoms with E-state index in [2.05, 4.69) is 17.2 Å². The quantitative estimate of drug-likeness (QED) is 0.910. The number of pyridine rings is 1. The third kappa shape index (κ3) is 2.96. The molecule has 1 fully saturated rings. The van der Waals surface area contributed by atoms with Crippen molar-refractivity contribution in [3.63, 3.8) is 0 Å². The smallest absolute Gasteiger partial charge is 0.142 e. The predicted octanol–water partition coefficient (Wildman–Crippen LogP) is 3.85. The lowest BCUT2D eigenvalue weighted by Gasteiger charge is -2.00. The molecule has 1 aliphatic rings. The SMILES string of the molecule is CCNCc1sc(-c2ccc(Cl)cn2)nc1C1CC1. The van der Waals surface area contributed by atoms with Gasteiger partial charge in [0.25, 0.3) is 0 Å². The zero-order chi connectivity index (χ0) is 13.2. The zero-order valence-corrected chi connectivity index (χ0v) is 12.4. The molecule has 0 aromatic carbocycles. The van der Waals surface area contributed by atoms with Crippen LogP contribution in [0.15, 0.2) is 18.3 Å². The van der Waals surface area contributed by atoms with Crippen molar-refractivity contribution in [2.45, 2.75) is 32.2 Å². The van der Waals surface area contributed by atoms with Crippen molar-refractivity contribution >= 4 is 22.9 Å². The molecule has 0 spiro atoms. The van der Waals surface area contributed by atoms with Crippen molar-refractivity contribution < 1.29 is 0 Å². The number of hydrogen-bond donors (Lipinski definition) is 1. The van der Waals surface area contributed by atoms with Gasteiger partial charge in [0.05, 0.1) is 16.4 Å². The molecule has 2 heterocycles. The van der Waals surface area contributed by atoms with Crippen molar-refractivity contribution in [1.29, 1.82) is 0 Å². The normalized spacial score (nSPS) is 14.8. The Morgan fingerprint density at radius 2 is 2.26 bits per heavy atom. The molecule has 0 saturated heterocycles. The third-order valence-corrected chi connectivity index (χ3v) is 4.49. The van der Waals surface area contributed by atoms with Crippen LogP contribution in [-0.2, 0) is 6.54 Å². The van der Waals surface area contributed by atoms with Crippen LogP contribution in [0.3, 0.4) is 0 Å². The molecule has 0 atom stereocenters. The minimum absolute atomic E-state index is 0.663. The fourth-order valence-corrected chi connectivity index (χ4v) is 3.22. The summed E-state index contributed by atoms with van der Waals surface area (Å²) in [6.07, 6.45) is 4.23. The fraction of sp³-hybridized carbons (Fsp3) is 0.429. The molecule has 5 heteroatoms. The maximum absolute atomic E-state index is 5.88. The largest absolute Gasteiger partial charge is 0.312 e. The van der Waals surface area contributed by atoms with Crippen LogP contribution < -0.4 is 5.32 Å². The summed E-state index contributed by atoms with van der Waals surface area (Å²) in [6.45, 7) is 4.02. The van der Waals surface area contributed by atoms with E-state index in [-0.39, 0.29) is 0 Å². The molecule has 1 saturated carbocycles. The Morgan fingerprint density at radius 1 is 1.42 bits per heavy atom. The van der Waals surface area contributed by atoms with Gasteiger partial charge in [-0.15, -0.1) is 11.3 Å². The minimum atomic E-state index is 0.663. The van der Waals surface area contributed by atoms with E-state index in [0.717, 1.165) is 23.8 Å². The van der Waals surface area contributed by atoms with Crippen LogP contribution in [-0.4, -0.2) is 16.5 Å². The van der Waals surface area contributed by atoms with E-state index in [1.165, 1.54) is 23.4 Å². The molecule has 0 aliphatic heterocycles. The van der Waals surface area contributed by atoms with E-state index in [0.29, 0.717) is 10.9 Å². The monoisotopic (exact) mass is 293 g/mol. The van der Waals surface area contributed by atoms with Gasteiger partial charge in [-0.2, -0.15) is 0 Å². The van der Waals surface area contributed by atoms with Gasteiger partial charge in [0.1, 0.15) is 5.01 Å². The summed E-state index contributed by atoms with van der Waals surface area (Å²) in [5, 5.41) is 5.06. The maximum atomic E-state index is 5.88. The number of nitrogens with zero attached hydrogens (tertiary/aromatic N) is 2. The lowest BCUT2D eigenvalue weighted by molar-refractivity contribution is 0.727. The molecule has 3 nitrogen and oxygen atoms in total. The first-order valence-electron chi connectivity index (χ1n) is 6.60. The van der Waals surface area contributed by atoms with Crippen LogP contribution in [0.5, 0.6) is 0 Å². The van der Waals surface area contributed by atoms with Gasteiger partial charge >= 0.3 is 0 Å². The molecule has 0 amide bonds. The van der Waals surface area contributed by atoms with Crippen LogP contribution in [0.4, 0.5) is 0 Å². The summed E-state index contributed by atoms with van der Waals surface area (Å²) < 4.78 is 0. The van der Waals surface area contributed by atoms with E-state index in [4.69, 9.17) is 16.6 Å². The molecule has 19 heavy (non-hydrogen) atoms. The molecule has 0 radical (unpaired) electrons. The van der Waals surface area contributed by atoms with E-state index < -0.39 is 0 Å². The van der Waals surface area contributed by atoms with Gasteiger partial charge < -0.3 is 5.32 Å². The second kappa shape index (κ2) is 5.57. The number of thiazole rings is 1. The van der Waals surface area contributed by atoms with Crippen molar-refractivity contribution in [3.05, 3.63) is 33.9 Å². The minimum Gasteiger partial charge on any atom is -0.312 e. The average molecular weight is 294 g/mol. The maximum Gasteiger partial charge on any atom is 0.142 e. The molecule has 0 unspecified atom stereocenters. The summed E-state index contributed by atoms with van der Waals surface area (Å²) in [5.41, 5.74) is 2.19. The Bertz CT molecular complexity index is 561. The van der Waals surface area contributed by atoms with Gasteiger partial charge in [-0.05, 0) is 31.5 Å². The molecular formula is C14H16ClN3S. The molecule has 0 bridgehead atoms. The highest BCUT2D eigenvalue weighted by atomic mass is 35.5. The van der Waals surface area contributed by atoms with E-state index in [1.54, 1.807) is 17.5 Å². The van der Waals surface area contributed by atoms with Crippen LogP contribution in [0.25, 0.3) is 10.7 Å². The number of aromatic nitrogens is 2. The first kappa shape index (κ1) is 13.0. The van der Waals surface area contributed by atoms with Gasteiger partial charge in [-0.25, -0.2) is 4.98 Å². The highest BCUT2D eigenvalue weighted by Gasteiger charge is 2.29. The second-order valence-electron chi connectivity index (χ2n) is 4.74. The first-order chi connectivity index (χ1) is 9.28. The fourth-order valence-electron chi connectivity index (χ4n) is 2.02. The van der Waals surface area contributed by atoms with Gasteiger partial charge in [-0.3, -0.25) is 4.98 Å². The number of halogens is 1. The number of nitrogens with one attached hydrogen (secondary N) is 1. The number of hydrogen-bond acceptors (Lipinski definition) is 4. The van der Waals surface area contributed by atoms with Crippen LogP contribution in [0.1, 0.15) is 36.3 Å². The Hall–Kier alpha value is -0.970. The second-order valence-corrected chi connectivity index (χ2v) is 6.26. The van der Waals surface area contributed by atoms with E-state index >= 15 is 0 Å². The third-order valence-electron chi connectivity index (χ3n) is 3.17. The van der Waals surface area contributed by atoms with Crippen molar-refractivity contribution in [2.75, 3.05) is 6.54 Å². The molecule has 1 N–H and O–H groups in total. The van der Waals surface area contributed by atoms with Gasteiger partial charge in [0.15, 0.2) is 0 Å². The number of rotatable bonds is 5. The molecule has 2 aromatic heterocycles. The van der Waals surface area contributed by atoms with E-state index in [1.807, 2.05) is 12.1 Å². The van der Waals surface area contributed by atoms with Crippen molar-refractivity contribution in [3.8, 4) is 10.7 Å². The summed E-state index contributed by atoms with van der Waals surface area (Å²) in [7, 11) is 0. The summed E-state index contributed by atoms with van der Waals surface area (Å²) in [4.78, 5) is 10.5.